The van der Waals surface area contributed by atoms with E-state index in [1.165, 1.54) is 6.07 Å². The van der Waals surface area contributed by atoms with Gasteiger partial charge in [0.15, 0.2) is 0 Å². The summed E-state index contributed by atoms with van der Waals surface area (Å²) in [5.41, 5.74) is 3.56. The third-order valence-corrected chi connectivity index (χ3v) is 7.50. The first-order chi connectivity index (χ1) is 16.8. The number of rotatable bonds is 7. The predicted molar refractivity (Wildman–Crippen MR) is 140 cm³/mol. The monoisotopic (exact) mass is 536 g/mol. The quantitative estimate of drug-likeness (QED) is 0.381. The fraction of sp³-hybridized carbons (Fsp3) is 0.286. The number of benzene rings is 3. The van der Waals surface area contributed by atoms with Gasteiger partial charge in [0.1, 0.15) is 12.4 Å². The maximum Gasteiger partial charge on any atom is 0.337 e. The minimum atomic E-state index is -1.11. The van der Waals surface area contributed by atoms with Crippen LogP contribution in [0.15, 0.2) is 65.1 Å². The molecule has 0 atom stereocenters. The highest BCUT2D eigenvalue weighted by Crippen LogP contribution is 2.34. The Morgan fingerprint density at radius 3 is 2.46 bits per heavy atom. The highest BCUT2D eigenvalue weighted by Gasteiger charge is 2.23. The molecule has 0 unspecified atom stereocenters. The summed E-state index contributed by atoms with van der Waals surface area (Å²) in [4.78, 5) is 27.7. The molecule has 1 aliphatic heterocycles. The van der Waals surface area contributed by atoms with Crippen molar-refractivity contribution in [3.63, 3.8) is 0 Å². The molecule has 7 heteroatoms. The van der Waals surface area contributed by atoms with Crippen LogP contribution in [0.2, 0.25) is 0 Å². The average Bonchev–Trinajstić information content (AvgIpc) is 2.86. The van der Waals surface area contributed by atoms with Crippen LogP contribution in [0.25, 0.3) is 0 Å². The number of amides is 1. The van der Waals surface area contributed by atoms with Gasteiger partial charge in [-0.2, -0.15) is 0 Å². The molecule has 0 aromatic heterocycles. The molecule has 4 rings (SSSR count). The van der Waals surface area contributed by atoms with E-state index < -0.39 is 11.9 Å². The molecule has 0 aliphatic carbocycles. The van der Waals surface area contributed by atoms with Crippen LogP contribution in [0.4, 0.5) is 5.69 Å². The van der Waals surface area contributed by atoms with Crippen molar-refractivity contribution in [1.29, 1.82) is 0 Å². The van der Waals surface area contributed by atoms with Gasteiger partial charge < -0.3 is 20.1 Å². The number of likely N-dealkylation sites (tertiary alicyclic amines) is 1. The van der Waals surface area contributed by atoms with Crippen molar-refractivity contribution in [2.45, 2.75) is 32.3 Å². The molecule has 0 bridgehead atoms. The van der Waals surface area contributed by atoms with Crippen LogP contribution in [-0.4, -0.2) is 42.0 Å². The Bertz CT molecular complexity index is 1220. The maximum absolute atomic E-state index is 13.6. The minimum absolute atomic E-state index is 0.0223. The lowest BCUT2D eigenvalue weighted by atomic mass is 9.88. The number of piperidine rings is 1. The molecule has 0 spiro atoms. The van der Waals surface area contributed by atoms with Gasteiger partial charge >= 0.3 is 5.97 Å². The van der Waals surface area contributed by atoms with E-state index in [0.717, 1.165) is 42.6 Å². The van der Waals surface area contributed by atoms with Gasteiger partial charge in [-0.1, -0.05) is 42.5 Å². The van der Waals surface area contributed by atoms with E-state index in [9.17, 15) is 14.7 Å². The van der Waals surface area contributed by atoms with Crippen LogP contribution in [0, 0.1) is 6.92 Å². The number of carbonyl (C=O) groups excluding carboxylic acids is 1. The number of hydrogen-bond donors (Lipinski definition) is 2. The van der Waals surface area contributed by atoms with Crippen LogP contribution in [0.1, 0.15) is 56.2 Å². The molecule has 1 heterocycles. The van der Waals surface area contributed by atoms with E-state index in [1.807, 2.05) is 55.5 Å². The second kappa shape index (κ2) is 11.1. The fourth-order valence-electron chi connectivity index (χ4n) is 4.34. The first-order valence-corrected chi connectivity index (χ1v) is 12.5. The van der Waals surface area contributed by atoms with Gasteiger partial charge in [-0.3, -0.25) is 4.79 Å². The molecule has 2 N–H and O–H groups in total. The van der Waals surface area contributed by atoms with Crippen molar-refractivity contribution in [2.75, 3.05) is 25.5 Å². The summed E-state index contributed by atoms with van der Waals surface area (Å²) in [6.45, 7) is 4.19. The smallest absolute Gasteiger partial charge is 0.337 e. The van der Waals surface area contributed by atoms with Crippen LogP contribution in [-0.2, 0) is 6.61 Å². The van der Waals surface area contributed by atoms with Gasteiger partial charge in [0.05, 0.1) is 16.8 Å². The Labute approximate surface area is 214 Å². The predicted octanol–water partition coefficient (Wildman–Crippen LogP) is 6.10. The van der Waals surface area contributed by atoms with Crippen molar-refractivity contribution in [2.24, 2.45) is 0 Å². The average molecular weight is 537 g/mol. The number of aromatic carboxylic acids is 1. The van der Waals surface area contributed by atoms with E-state index >= 15 is 0 Å². The van der Waals surface area contributed by atoms with Crippen LogP contribution in [0.5, 0.6) is 5.75 Å². The number of aryl methyl sites for hydroxylation is 1. The van der Waals surface area contributed by atoms with E-state index in [1.54, 1.807) is 6.07 Å². The number of nitrogens with zero attached hydrogens (tertiary/aromatic N) is 1. The number of nitrogens with one attached hydrogen (secondary N) is 1. The summed E-state index contributed by atoms with van der Waals surface area (Å²) in [7, 11) is 2.12. The summed E-state index contributed by atoms with van der Waals surface area (Å²) < 4.78 is 6.62. The lowest BCUT2D eigenvalue weighted by Crippen LogP contribution is -2.29. The van der Waals surface area contributed by atoms with Crippen LogP contribution >= 0.6 is 15.9 Å². The Morgan fingerprint density at radius 2 is 1.77 bits per heavy atom. The normalized spacial score (nSPS) is 14.5. The van der Waals surface area contributed by atoms with Gasteiger partial charge in [-0.25, -0.2) is 4.79 Å². The molecular formula is C28H29BrN2O4. The molecule has 1 amide bonds. The highest BCUT2D eigenvalue weighted by atomic mass is 79.9. The second-order valence-corrected chi connectivity index (χ2v) is 9.78. The second-order valence-electron chi connectivity index (χ2n) is 8.99. The number of ether oxygens (including phenoxy) is 1. The first kappa shape index (κ1) is 24.9. The lowest BCUT2D eigenvalue weighted by Gasteiger charge is -2.29. The summed E-state index contributed by atoms with van der Waals surface area (Å²) in [6, 6.07) is 18.8. The molecule has 1 saturated heterocycles. The van der Waals surface area contributed by atoms with Crippen molar-refractivity contribution in [1.82, 2.24) is 4.90 Å². The highest BCUT2D eigenvalue weighted by molar-refractivity contribution is 9.10. The van der Waals surface area contributed by atoms with Crippen molar-refractivity contribution in [3.05, 3.63) is 93.0 Å². The standard InChI is InChI=1S/C28H29BrN2O4/c1-18-8-10-22(28(33)34)26(25(18)29)30-27(32)23-16-21(20-12-14-31(2)15-13-20)9-11-24(23)35-17-19-6-4-3-5-7-19/h3-11,16,20H,12-15,17H2,1-2H3,(H,30,32)(H,33,34). The fourth-order valence-corrected chi connectivity index (χ4v) is 4.79. The Morgan fingerprint density at radius 1 is 1.06 bits per heavy atom. The van der Waals surface area contributed by atoms with Gasteiger partial charge in [0.25, 0.3) is 5.91 Å². The van der Waals surface area contributed by atoms with Gasteiger partial charge in [0, 0.05) is 4.47 Å². The molecule has 0 saturated carbocycles. The van der Waals surface area contributed by atoms with E-state index in [-0.39, 0.29) is 11.3 Å². The van der Waals surface area contributed by atoms with Crippen molar-refractivity contribution in [3.8, 4) is 5.75 Å². The molecule has 35 heavy (non-hydrogen) atoms. The van der Waals surface area contributed by atoms with Gasteiger partial charge in [-0.15, -0.1) is 0 Å². The maximum atomic E-state index is 13.6. The minimum Gasteiger partial charge on any atom is -0.488 e. The molecular weight excluding hydrogens is 508 g/mol. The van der Waals surface area contributed by atoms with Crippen LogP contribution < -0.4 is 10.1 Å². The van der Waals surface area contributed by atoms with E-state index in [4.69, 9.17) is 4.74 Å². The first-order valence-electron chi connectivity index (χ1n) is 11.7. The molecule has 1 fully saturated rings. The zero-order valence-corrected chi connectivity index (χ0v) is 21.5. The SMILES string of the molecule is Cc1ccc(C(=O)O)c(NC(=O)c2cc(C3CCN(C)CC3)ccc2OCc2ccccc2)c1Br. The Kier molecular flexibility index (Phi) is 7.88. The molecule has 3 aromatic carbocycles. The molecule has 6 nitrogen and oxygen atoms in total. The number of hydrogen-bond acceptors (Lipinski definition) is 4. The number of anilines is 1. The summed E-state index contributed by atoms with van der Waals surface area (Å²) in [5, 5.41) is 12.5. The molecule has 1 aliphatic rings. The molecule has 3 aromatic rings. The molecule has 0 radical (unpaired) electrons. The summed E-state index contributed by atoms with van der Waals surface area (Å²) in [5.74, 6) is -0.692. The Balaban J connectivity index is 1.67. The number of carboxylic acids is 1. The van der Waals surface area contributed by atoms with Gasteiger partial charge in [-0.05, 0) is 96.6 Å². The largest absolute Gasteiger partial charge is 0.488 e. The number of halogens is 1. The Hall–Kier alpha value is -3.16. The van der Waals surface area contributed by atoms with Crippen molar-refractivity contribution >= 4 is 33.5 Å². The summed E-state index contributed by atoms with van der Waals surface area (Å²) >= 11 is 3.45. The van der Waals surface area contributed by atoms with Crippen LogP contribution in [0.3, 0.4) is 0 Å². The van der Waals surface area contributed by atoms with E-state index in [0.29, 0.717) is 28.3 Å². The lowest BCUT2D eigenvalue weighted by molar-refractivity contribution is 0.0698. The zero-order chi connectivity index (χ0) is 24.9. The topological polar surface area (TPSA) is 78.9 Å². The third kappa shape index (κ3) is 5.92. The van der Waals surface area contributed by atoms with Crippen molar-refractivity contribution < 1.29 is 19.4 Å². The van der Waals surface area contributed by atoms with Gasteiger partial charge in [0.2, 0.25) is 0 Å². The number of carboxylic acid groups (broad SMARTS) is 1. The molecule has 182 valence electrons. The van der Waals surface area contributed by atoms with E-state index in [2.05, 4.69) is 33.2 Å². The third-order valence-electron chi connectivity index (χ3n) is 6.48. The summed E-state index contributed by atoms with van der Waals surface area (Å²) in [6.07, 6.45) is 2.04. The number of carbonyl (C=O) groups is 2. The zero-order valence-electron chi connectivity index (χ0n) is 19.9.